The molecule has 130 valence electrons. The van der Waals surface area contributed by atoms with Crippen LogP contribution in [-0.2, 0) is 6.54 Å². The zero-order valence-corrected chi connectivity index (χ0v) is 15.9. The molecule has 0 radical (unpaired) electrons. The second kappa shape index (κ2) is 9.06. The zero-order valence-electron chi connectivity index (χ0n) is 14.3. The number of benzene rings is 1. The van der Waals surface area contributed by atoms with Gasteiger partial charge < -0.3 is 15.1 Å². The number of rotatable bonds is 7. The Bertz CT molecular complexity index is 645. The molecule has 0 aliphatic rings. The summed E-state index contributed by atoms with van der Waals surface area (Å²) in [4.78, 5) is 17.5. The van der Waals surface area contributed by atoms with Gasteiger partial charge in [0.2, 0.25) is 0 Å². The van der Waals surface area contributed by atoms with Crippen LogP contribution in [0, 0.1) is 0 Å². The maximum absolute atomic E-state index is 12.5. The molecule has 2 rings (SSSR count). The molecule has 2 aromatic rings. The summed E-state index contributed by atoms with van der Waals surface area (Å²) in [6.07, 6.45) is 0. The number of amides is 2. The summed E-state index contributed by atoms with van der Waals surface area (Å²) in [5, 5.41) is 3.06. The van der Waals surface area contributed by atoms with Gasteiger partial charge in [-0.25, -0.2) is 4.79 Å². The summed E-state index contributed by atoms with van der Waals surface area (Å²) in [5.41, 5.74) is 1.19. The number of thiophene rings is 1. The van der Waals surface area contributed by atoms with E-state index >= 15 is 0 Å². The van der Waals surface area contributed by atoms with E-state index < -0.39 is 0 Å². The number of nitrogens with zero attached hydrogens (tertiary/aromatic N) is 2. The molecule has 1 aromatic heterocycles. The van der Waals surface area contributed by atoms with Crippen molar-refractivity contribution < 1.29 is 4.79 Å². The number of hydrogen-bond donors (Lipinski definition) is 1. The first-order chi connectivity index (χ1) is 11.5. The predicted octanol–water partition coefficient (Wildman–Crippen LogP) is 4.24. The molecule has 1 atom stereocenters. The molecule has 24 heavy (non-hydrogen) atoms. The predicted molar refractivity (Wildman–Crippen MR) is 102 cm³/mol. The Kier molecular flexibility index (Phi) is 7.09. The van der Waals surface area contributed by atoms with Crippen LogP contribution in [0.3, 0.4) is 0 Å². The molecule has 0 aliphatic carbocycles. The van der Waals surface area contributed by atoms with E-state index in [1.165, 1.54) is 16.9 Å². The van der Waals surface area contributed by atoms with Gasteiger partial charge in [0.25, 0.3) is 0 Å². The van der Waals surface area contributed by atoms with Crippen LogP contribution < -0.4 is 5.32 Å². The van der Waals surface area contributed by atoms with Crippen LogP contribution in [0.25, 0.3) is 0 Å². The summed E-state index contributed by atoms with van der Waals surface area (Å²) in [7, 11) is 4.05. The normalized spacial score (nSPS) is 12.2. The van der Waals surface area contributed by atoms with Gasteiger partial charge in [0, 0.05) is 18.0 Å². The lowest BCUT2D eigenvalue weighted by atomic mass is 10.1. The monoisotopic (exact) mass is 365 g/mol. The van der Waals surface area contributed by atoms with E-state index in [0.717, 1.165) is 9.21 Å². The van der Waals surface area contributed by atoms with Gasteiger partial charge in [-0.1, -0.05) is 41.9 Å². The van der Waals surface area contributed by atoms with E-state index in [-0.39, 0.29) is 12.1 Å². The maximum atomic E-state index is 12.5. The first kappa shape index (κ1) is 18.8. The first-order valence-electron chi connectivity index (χ1n) is 7.99. The zero-order chi connectivity index (χ0) is 17.5. The molecule has 0 fully saturated rings. The van der Waals surface area contributed by atoms with Crippen LogP contribution in [0.5, 0.6) is 0 Å². The maximum Gasteiger partial charge on any atom is 0.317 e. The summed E-state index contributed by atoms with van der Waals surface area (Å²) < 4.78 is 0.748. The first-order valence-corrected chi connectivity index (χ1v) is 9.19. The van der Waals surface area contributed by atoms with E-state index in [1.807, 2.05) is 51.4 Å². The van der Waals surface area contributed by atoms with Crippen molar-refractivity contribution in [3.05, 3.63) is 57.2 Å². The molecule has 0 saturated heterocycles. The van der Waals surface area contributed by atoms with Crippen LogP contribution in [-0.4, -0.2) is 43.0 Å². The molecule has 1 N–H and O–H groups in total. The Morgan fingerprint density at radius 2 is 1.92 bits per heavy atom. The van der Waals surface area contributed by atoms with E-state index in [0.29, 0.717) is 19.6 Å². The molecule has 0 saturated carbocycles. The molecule has 0 spiro atoms. The SMILES string of the molecule is CCN(Cc1ccc(Cl)s1)C(=O)NCC(c1ccccc1)N(C)C. The van der Waals surface area contributed by atoms with E-state index in [1.54, 1.807) is 4.90 Å². The quantitative estimate of drug-likeness (QED) is 0.796. The van der Waals surface area contributed by atoms with Crippen molar-refractivity contribution in [2.24, 2.45) is 0 Å². The second-order valence-electron chi connectivity index (χ2n) is 5.80. The van der Waals surface area contributed by atoms with Crippen molar-refractivity contribution in [2.45, 2.75) is 19.5 Å². The van der Waals surface area contributed by atoms with Gasteiger partial charge in [0.05, 0.1) is 16.9 Å². The molecule has 0 aliphatic heterocycles. The fourth-order valence-electron chi connectivity index (χ4n) is 2.52. The van der Waals surface area contributed by atoms with E-state index in [9.17, 15) is 4.79 Å². The number of halogens is 1. The van der Waals surface area contributed by atoms with Crippen molar-refractivity contribution >= 4 is 29.0 Å². The molecule has 1 aromatic carbocycles. The highest BCUT2D eigenvalue weighted by atomic mass is 35.5. The minimum absolute atomic E-state index is 0.0511. The lowest BCUT2D eigenvalue weighted by Crippen LogP contribution is -2.42. The third-order valence-electron chi connectivity index (χ3n) is 3.90. The fourth-order valence-corrected chi connectivity index (χ4v) is 3.62. The molecule has 1 unspecified atom stereocenters. The van der Waals surface area contributed by atoms with Gasteiger partial charge in [-0.2, -0.15) is 0 Å². The van der Waals surface area contributed by atoms with Crippen molar-refractivity contribution in [2.75, 3.05) is 27.2 Å². The van der Waals surface area contributed by atoms with Crippen molar-refractivity contribution in [3.8, 4) is 0 Å². The van der Waals surface area contributed by atoms with Crippen LogP contribution >= 0.6 is 22.9 Å². The topological polar surface area (TPSA) is 35.6 Å². The Labute approximate surface area is 153 Å². The van der Waals surface area contributed by atoms with Crippen molar-refractivity contribution in [3.63, 3.8) is 0 Å². The number of hydrogen-bond acceptors (Lipinski definition) is 3. The number of nitrogens with one attached hydrogen (secondary N) is 1. The minimum atomic E-state index is -0.0511. The average Bonchev–Trinajstić information content (AvgIpc) is 2.98. The Morgan fingerprint density at radius 3 is 2.46 bits per heavy atom. The van der Waals surface area contributed by atoms with Gasteiger partial charge >= 0.3 is 6.03 Å². The van der Waals surface area contributed by atoms with Crippen LogP contribution in [0.15, 0.2) is 42.5 Å². The molecule has 2 amide bonds. The third-order valence-corrected chi connectivity index (χ3v) is 5.11. The summed E-state index contributed by atoms with van der Waals surface area (Å²) in [5.74, 6) is 0. The van der Waals surface area contributed by atoms with Gasteiger partial charge in [-0.05, 0) is 38.7 Å². The number of carbonyl (C=O) groups excluding carboxylic acids is 1. The molecule has 1 heterocycles. The molecule has 0 bridgehead atoms. The van der Waals surface area contributed by atoms with Gasteiger partial charge in [-0.3, -0.25) is 0 Å². The minimum Gasteiger partial charge on any atom is -0.336 e. The van der Waals surface area contributed by atoms with Crippen LogP contribution in [0.4, 0.5) is 4.79 Å². The van der Waals surface area contributed by atoms with E-state index in [4.69, 9.17) is 11.6 Å². The number of urea groups is 1. The molecular weight excluding hydrogens is 342 g/mol. The number of likely N-dealkylation sites (N-methyl/N-ethyl adjacent to an activating group) is 1. The summed E-state index contributed by atoms with van der Waals surface area (Å²) in [6.45, 7) is 3.78. The van der Waals surface area contributed by atoms with Gasteiger partial charge in [-0.15, -0.1) is 11.3 Å². The largest absolute Gasteiger partial charge is 0.336 e. The highest BCUT2D eigenvalue weighted by Crippen LogP contribution is 2.23. The molecule has 6 heteroatoms. The van der Waals surface area contributed by atoms with Crippen molar-refractivity contribution in [1.29, 1.82) is 0 Å². The van der Waals surface area contributed by atoms with Crippen LogP contribution in [0.1, 0.15) is 23.4 Å². The molecule has 4 nitrogen and oxygen atoms in total. The molecular formula is C18H24ClN3OS. The highest BCUT2D eigenvalue weighted by molar-refractivity contribution is 7.16. The fraction of sp³-hybridized carbons (Fsp3) is 0.389. The Balaban J connectivity index is 1.96. The lowest BCUT2D eigenvalue weighted by Gasteiger charge is -2.27. The lowest BCUT2D eigenvalue weighted by molar-refractivity contribution is 0.193. The Morgan fingerprint density at radius 1 is 1.21 bits per heavy atom. The van der Waals surface area contributed by atoms with Crippen molar-refractivity contribution in [1.82, 2.24) is 15.1 Å². The smallest absolute Gasteiger partial charge is 0.317 e. The summed E-state index contributed by atoms with van der Waals surface area (Å²) >= 11 is 7.48. The van der Waals surface area contributed by atoms with E-state index in [2.05, 4.69) is 22.3 Å². The van der Waals surface area contributed by atoms with Gasteiger partial charge in [0.1, 0.15) is 0 Å². The summed E-state index contributed by atoms with van der Waals surface area (Å²) in [6, 6.07) is 14.1. The second-order valence-corrected chi connectivity index (χ2v) is 7.60. The Hall–Kier alpha value is -1.56. The number of carbonyl (C=O) groups is 1. The standard InChI is InChI=1S/C18H24ClN3OS/c1-4-22(13-15-10-11-17(19)24-15)18(23)20-12-16(21(2)3)14-8-6-5-7-9-14/h5-11,16H,4,12-13H2,1-3H3,(H,20,23). The third kappa shape index (κ3) is 5.23. The average molecular weight is 366 g/mol. The van der Waals surface area contributed by atoms with Gasteiger partial charge in [0.15, 0.2) is 0 Å². The van der Waals surface area contributed by atoms with Crippen LogP contribution in [0.2, 0.25) is 4.34 Å². The highest BCUT2D eigenvalue weighted by Gasteiger charge is 2.18.